The number of nitrogens with zero attached hydrogens (tertiary/aromatic N) is 1. The number of aryl methyl sites for hydroxylation is 2. The first-order valence-corrected chi connectivity index (χ1v) is 13.5. The lowest BCUT2D eigenvalue weighted by molar-refractivity contribution is 0.192. The van der Waals surface area contributed by atoms with Gasteiger partial charge in [-0.1, -0.05) is 73.0 Å². The molecule has 4 rings (SSSR count). The van der Waals surface area contributed by atoms with Crippen LogP contribution in [0.2, 0.25) is 0 Å². The quantitative estimate of drug-likeness (QED) is 0.194. The van der Waals surface area contributed by atoms with Gasteiger partial charge < -0.3 is 9.64 Å². The van der Waals surface area contributed by atoms with Crippen LogP contribution in [0.15, 0.2) is 91.0 Å². The van der Waals surface area contributed by atoms with E-state index in [-0.39, 0.29) is 6.10 Å². The van der Waals surface area contributed by atoms with E-state index >= 15 is 0 Å². The Morgan fingerprint density at radius 2 is 1.22 bits per heavy atom. The normalized spacial score (nSPS) is 11.8. The highest BCUT2D eigenvalue weighted by molar-refractivity contribution is 6.17. The standard InChI is InChI=1S/C32H33Cl2NO/c1-4-5-31(36-32-20-25(21-33)10-11-27(32)22-34)26-12-18-30(19-13-26)35(28-14-6-23(2)7-15-28)29-16-8-24(3)9-17-29/h6-20,31H,4-5,21-22H2,1-3H3. The maximum absolute atomic E-state index is 6.54. The van der Waals surface area contributed by atoms with Gasteiger partial charge in [-0.15, -0.1) is 23.2 Å². The molecular weight excluding hydrogens is 485 g/mol. The molecule has 0 aromatic heterocycles. The predicted molar refractivity (Wildman–Crippen MR) is 154 cm³/mol. The molecule has 1 atom stereocenters. The SMILES string of the molecule is CCCC(Oc1cc(CCl)ccc1CCl)c1ccc(N(c2ccc(C)cc2)c2ccc(C)cc2)cc1. The van der Waals surface area contributed by atoms with Crippen molar-refractivity contribution in [3.8, 4) is 5.75 Å². The molecule has 1 unspecified atom stereocenters. The topological polar surface area (TPSA) is 12.5 Å². The van der Waals surface area contributed by atoms with Crippen molar-refractivity contribution in [2.75, 3.05) is 4.90 Å². The number of hydrogen-bond acceptors (Lipinski definition) is 2. The summed E-state index contributed by atoms with van der Waals surface area (Å²) in [5, 5.41) is 0. The highest BCUT2D eigenvalue weighted by Crippen LogP contribution is 2.37. The van der Waals surface area contributed by atoms with E-state index in [2.05, 4.69) is 98.5 Å². The molecule has 186 valence electrons. The molecule has 0 saturated carbocycles. The van der Waals surface area contributed by atoms with Crippen molar-refractivity contribution in [2.45, 2.75) is 51.5 Å². The van der Waals surface area contributed by atoms with E-state index in [4.69, 9.17) is 27.9 Å². The molecule has 0 aliphatic heterocycles. The summed E-state index contributed by atoms with van der Waals surface area (Å²) in [7, 11) is 0. The van der Waals surface area contributed by atoms with Crippen LogP contribution in [0, 0.1) is 13.8 Å². The van der Waals surface area contributed by atoms with E-state index in [0.29, 0.717) is 11.8 Å². The van der Waals surface area contributed by atoms with Gasteiger partial charge in [-0.2, -0.15) is 0 Å². The third-order valence-electron chi connectivity index (χ3n) is 6.36. The van der Waals surface area contributed by atoms with Gasteiger partial charge in [0.25, 0.3) is 0 Å². The maximum atomic E-state index is 6.54. The third kappa shape index (κ3) is 6.24. The lowest BCUT2D eigenvalue weighted by Gasteiger charge is -2.27. The van der Waals surface area contributed by atoms with Crippen LogP contribution in [0.25, 0.3) is 0 Å². The highest BCUT2D eigenvalue weighted by atomic mass is 35.5. The Morgan fingerprint density at radius 1 is 0.694 bits per heavy atom. The number of alkyl halides is 2. The molecule has 0 saturated heterocycles. The van der Waals surface area contributed by atoms with E-state index < -0.39 is 0 Å². The zero-order chi connectivity index (χ0) is 25.5. The lowest BCUT2D eigenvalue weighted by atomic mass is 10.0. The number of benzene rings is 4. The minimum atomic E-state index is -0.0659. The van der Waals surface area contributed by atoms with E-state index in [1.807, 2.05) is 18.2 Å². The van der Waals surface area contributed by atoms with Gasteiger partial charge in [-0.05, 0) is 73.9 Å². The van der Waals surface area contributed by atoms with Gasteiger partial charge in [0.05, 0.1) is 5.88 Å². The fourth-order valence-corrected chi connectivity index (χ4v) is 4.67. The third-order valence-corrected chi connectivity index (χ3v) is 6.95. The van der Waals surface area contributed by atoms with Crippen LogP contribution in [-0.4, -0.2) is 0 Å². The lowest BCUT2D eigenvalue weighted by Crippen LogP contribution is -2.12. The van der Waals surface area contributed by atoms with Crippen molar-refractivity contribution in [1.29, 1.82) is 0 Å². The monoisotopic (exact) mass is 517 g/mol. The molecule has 0 N–H and O–H groups in total. The zero-order valence-electron chi connectivity index (χ0n) is 21.2. The van der Waals surface area contributed by atoms with Crippen LogP contribution < -0.4 is 9.64 Å². The van der Waals surface area contributed by atoms with E-state index in [1.165, 1.54) is 11.1 Å². The fourth-order valence-electron chi connectivity index (χ4n) is 4.28. The van der Waals surface area contributed by atoms with E-state index in [9.17, 15) is 0 Å². The first-order valence-electron chi connectivity index (χ1n) is 12.5. The molecule has 0 aliphatic rings. The highest BCUT2D eigenvalue weighted by Gasteiger charge is 2.17. The Kier molecular flexibility index (Phi) is 8.96. The minimum absolute atomic E-state index is 0.0659. The van der Waals surface area contributed by atoms with Crippen molar-refractivity contribution in [2.24, 2.45) is 0 Å². The Bertz CT molecular complexity index is 1210. The Morgan fingerprint density at radius 3 is 1.69 bits per heavy atom. The first kappa shape index (κ1) is 26.1. The maximum Gasteiger partial charge on any atom is 0.124 e. The van der Waals surface area contributed by atoms with Gasteiger partial charge in [0.2, 0.25) is 0 Å². The zero-order valence-corrected chi connectivity index (χ0v) is 22.7. The molecule has 0 fully saturated rings. The van der Waals surface area contributed by atoms with Crippen LogP contribution in [0.5, 0.6) is 5.75 Å². The summed E-state index contributed by atoms with van der Waals surface area (Å²) < 4.78 is 6.54. The van der Waals surface area contributed by atoms with Crippen LogP contribution in [0.4, 0.5) is 17.1 Å². The van der Waals surface area contributed by atoms with Crippen LogP contribution in [0.3, 0.4) is 0 Å². The van der Waals surface area contributed by atoms with Gasteiger partial charge in [-0.3, -0.25) is 0 Å². The van der Waals surface area contributed by atoms with Crippen LogP contribution in [0.1, 0.15) is 53.7 Å². The molecule has 4 aromatic rings. The Labute approximate surface area is 225 Å². The van der Waals surface area contributed by atoms with Crippen molar-refractivity contribution in [3.05, 3.63) is 119 Å². The molecule has 4 heteroatoms. The van der Waals surface area contributed by atoms with Gasteiger partial charge in [-0.25, -0.2) is 0 Å². The number of halogens is 2. The second kappa shape index (κ2) is 12.3. The van der Waals surface area contributed by atoms with Crippen molar-refractivity contribution < 1.29 is 4.74 Å². The molecule has 0 bridgehead atoms. The van der Waals surface area contributed by atoms with Crippen molar-refractivity contribution in [1.82, 2.24) is 0 Å². The fraction of sp³-hybridized carbons (Fsp3) is 0.250. The number of ether oxygens (including phenoxy) is 1. The molecule has 0 amide bonds. The van der Waals surface area contributed by atoms with Crippen molar-refractivity contribution >= 4 is 40.3 Å². The van der Waals surface area contributed by atoms with E-state index in [1.54, 1.807) is 0 Å². The van der Waals surface area contributed by atoms with Crippen LogP contribution >= 0.6 is 23.2 Å². The predicted octanol–water partition coefficient (Wildman–Crippen LogP) is 10.2. The second-order valence-corrected chi connectivity index (χ2v) is 9.74. The number of rotatable bonds is 10. The molecule has 0 heterocycles. The average molecular weight is 519 g/mol. The summed E-state index contributed by atoms with van der Waals surface area (Å²) in [5.41, 5.74) is 8.99. The van der Waals surface area contributed by atoms with Gasteiger partial charge in [0.1, 0.15) is 11.9 Å². The number of hydrogen-bond donors (Lipinski definition) is 0. The summed E-state index contributed by atoms with van der Waals surface area (Å²) in [5.74, 6) is 1.66. The average Bonchev–Trinajstić information content (AvgIpc) is 2.91. The summed E-state index contributed by atoms with van der Waals surface area (Å²) in [6.07, 6.45) is 1.85. The largest absolute Gasteiger partial charge is 0.485 e. The smallest absolute Gasteiger partial charge is 0.124 e. The summed E-state index contributed by atoms with van der Waals surface area (Å²) in [6, 6.07) is 32.0. The summed E-state index contributed by atoms with van der Waals surface area (Å²) in [4.78, 5) is 2.29. The van der Waals surface area contributed by atoms with E-state index in [0.717, 1.165) is 52.3 Å². The number of anilines is 3. The molecule has 0 aliphatic carbocycles. The molecule has 2 nitrogen and oxygen atoms in total. The van der Waals surface area contributed by atoms with Gasteiger partial charge in [0, 0.05) is 28.5 Å². The Hall–Kier alpha value is -2.94. The molecule has 36 heavy (non-hydrogen) atoms. The van der Waals surface area contributed by atoms with Gasteiger partial charge >= 0.3 is 0 Å². The molecule has 0 spiro atoms. The Balaban J connectivity index is 1.67. The minimum Gasteiger partial charge on any atom is -0.485 e. The molecule has 0 radical (unpaired) electrons. The summed E-state index contributed by atoms with van der Waals surface area (Å²) >= 11 is 12.3. The van der Waals surface area contributed by atoms with Gasteiger partial charge in [0.15, 0.2) is 0 Å². The van der Waals surface area contributed by atoms with Crippen LogP contribution in [-0.2, 0) is 11.8 Å². The first-order chi connectivity index (χ1) is 17.5. The van der Waals surface area contributed by atoms with Crippen molar-refractivity contribution in [3.63, 3.8) is 0 Å². The molecule has 4 aromatic carbocycles. The second-order valence-electron chi connectivity index (χ2n) is 9.20. The molecular formula is C32H33Cl2NO. The summed E-state index contributed by atoms with van der Waals surface area (Å²) in [6.45, 7) is 6.40.